The van der Waals surface area contributed by atoms with Crippen LogP contribution in [0.5, 0.6) is 5.75 Å². The van der Waals surface area contributed by atoms with Gasteiger partial charge in [0.05, 0.1) is 10.5 Å². The Hall–Kier alpha value is -4.16. The largest absolute Gasteiger partial charge is 0.470 e. The number of fused-ring (bicyclic) bond motifs is 5. The number of nitrogens with zero attached hydrogens (tertiary/aromatic N) is 2. The molecule has 0 aliphatic carbocycles. The van der Waals surface area contributed by atoms with Crippen LogP contribution in [0.25, 0.3) is 0 Å². The molecular weight excluding hydrogens is 452 g/mol. The van der Waals surface area contributed by atoms with Gasteiger partial charge in [-0.3, -0.25) is 10.1 Å². The van der Waals surface area contributed by atoms with Crippen LogP contribution in [0.4, 0.5) is 11.4 Å². The van der Waals surface area contributed by atoms with Crippen molar-refractivity contribution >= 4 is 11.4 Å². The van der Waals surface area contributed by atoms with Crippen LogP contribution in [0.2, 0.25) is 0 Å². The van der Waals surface area contributed by atoms with Crippen molar-refractivity contribution in [3.05, 3.63) is 135 Å². The van der Waals surface area contributed by atoms with Crippen molar-refractivity contribution in [1.29, 1.82) is 0 Å². The summed E-state index contributed by atoms with van der Waals surface area (Å²) in [6, 6.07) is 33.4. The quantitative estimate of drug-likeness (QED) is 0.230. The van der Waals surface area contributed by atoms with Crippen molar-refractivity contribution in [2.24, 2.45) is 0 Å². The van der Waals surface area contributed by atoms with Crippen molar-refractivity contribution in [3.8, 4) is 5.75 Å². The van der Waals surface area contributed by atoms with Crippen LogP contribution < -0.4 is 9.64 Å². The molecule has 4 aromatic carbocycles. The maximum atomic E-state index is 11.7. The van der Waals surface area contributed by atoms with E-state index in [0.717, 1.165) is 35.2 Å². The lowest BCUT2D eigenvalue weighted by Gasteiger charge is -2.53. The first-order valence-electron chi connectivity index (χ1n) is 12.2. The Morgan fingerprint density at radius 1 is 0.889 bits per heavy atom. The third-order valence-electron chi connectivity index (χ3n) is 7.04. The molecule has 0 saturated heterocycles. The highest BCUT2D eigenvalue weighted by molar-refractivity contribution is 5.67. The third kappa shape index (κ3) is 3.37. The van der Waals surface area contributed by atoms with Crippen molar-refractivity contribution in [2.45, 2.75) is 37.8 Å². The highest BCUT2D eigenvalue weighted by atomic mass is 16.6. The summed E-state index contributed by atoms with van der Waals surface area (Å²) >= 11 is 0. The lowest BCUT2D eigenvalue weighted by Crippen LogP contribution is -2.54. The summed E-state index contributed by atoms with van der Waals surface area (Å²) in [5.74, 6) is 0.620. The maximum Gasteiger partial charge on any atom is 0.270 e. The Morgan fingerprint density at radius 2 is 1.53 bits per heavy atom. The molecule has 0 N–H and O–H groups in total. The lowest BCUT2D eigenvalue weighted by molar-refractivity contribution is -0.385. The Balaban J connectivity index is 1.66. The van der Waals surface area contributed by atoms with Gasteiger partial charge in [-0.15, -0.1) is 0 Å². The second-order valence-corrected chi connectivity index (χ2v) is 9.15. The molecule has 2 heterocycles. The van der Waals surface area contributed by atoms with E-state index in [9.17, 15) is 10.1 Å². The summed E-state index contributed by atoms with van der Waals surface area (Å²) in [4.78, 5) is 13.5. The third-order valence-corrected chi connectivity index (χ3v) is 7.04. The average Bonchev–Trinajstić information content (AvgIpc) is 2.93. The number of ether oxygens (including phenoxy) is 2. The van der Waals surface area contributed by atoms with Gasteiger partial charge in [-0.05, 0) is 23.3 Å². The van der Waals surface area contributed by atoms with Gasteiger partial charge in [0.25, 0.3) is 5.69 Å². The van der Waals surface area contributed by atoms with Gasteiger partial charge in [0.1, 0.15) is 11.4 Å². The van der Waals surface area contributed by atoms with Gasteiger partial charge in [0.15, 0.2) is 12.5 Å². The average molecular weight is 479 g/mol. The number of non-ortho nitro benzene ring substituents is 1. The molecule has 36 heavy (non-hydrogen) atoms. The molecule has 0 bridgehead atoms. The van der Waals surface area contributed by atoms with E-state index in [1.807, 2.05) is 48.5 Å². The fourth-order valence-electron chi connectivity index (χ4n) is 5.49. The summed E-state index contributed by atoms with van der Waals surface area (Å²) in [5, 5.41) is 11.7. The van der Waals surface area contributed by atoms with Crippen LogP contribution in [-0.4, -0.2) is 11.2 Å². The Kier molecular flexibility index (Phi) is 5.46. The molecule has 4 aromatic rings. The summed E-state index contributed by atoms with van der Waals surface area (Å²) in [6.07, 6.45) is 0.856. The summed E-state index contributed by atoms with van der Waals surface area (Å²) in [5.41, 5.74) is 3.74. The van der Waals surface area contributed by atoms with Crippen molar-refractivity contribution in [3.63, 3.8) is 0 Å². The van der Waals surface area contributed by atoms with Gasteiger partial charge in [-0.2, -0.15) is 0 Å². The number of benzene rings is 4. The molecule has 2 atom stereocenters. The van der Waals surface area contributed by atoms with Gasteiger partial charge in [-0.25, -0.2) is 0 Å². The molecule has 0 unspecified atom stereocenters. The molecule has 0 spiro atoms. The minimum atomic E-state index is -0.920. The highest BCUT2D eigenvalue weighted by Crippen LogP contribution is 2.56. The fraction of sp³-hybridized carbons (Fsp3) is 0.200. The first-order chi connectivity index (χ1) is 17.6. The van der Waals surface area contributed by atoms with E-state index in [4.69, 9.17) is 9.47 Å². The molecule has 0 fully saturated rings. The number of hydrogen-bond acceptors (Lipinski definition) is 5. The van der Waals surface area contributed by atoms with Crippen molar-refractivity contribution < 1.29 is 14.4 Å². The van der Waals surface area contributed by atoms with E-state index in [0.29, 0.717) is 11.3 Å². The topological polar surface area (TPSA) is 64.8 Å². The minimum Gasteiger partial charge on any atom is -0.470 e. The van der Waals surface area contributed by atoms with Crippen LogP contribution in [0, 0.1) is 10.1 Å². The van der Waals surface area contributed by atoms with E-state index in [1.54, 1.807) is 12.1 Å². The highest BCUT2D eigenvalue weighted by Gasteiger charge is 2.51. The van der Waals surface area contributed by atoms with Crippen LogP contribution in [0.15, 0.2) is 103 Å². The van der Waals surface area contributed by atoms with E-state index < -0.39 is 11.8 Å². The number of rotatable bonds is 5. The zero-order valence-electron chi connectivity index (χ0n) is 19.9. The molecule has 6 nitrogen and oxygen atoms in total. The lowest BCUT2D eigenvalue weighted by atomic mass is 9.77. The molecule has 0 aromatic heterocycles. The molecular formula is C30H26N2O4. The second-order valence-electron chi connectivity index (χ2n) is 9.15. The SMILES string of the molecule is CCC[C@H]1Oc2ccc([N+](=O)[O-])cc2[C@@H]2OC(c3ccccc3)(c3ccccc3)c3ccccc3N12. The van der Waals surface area contributed by atoms with Gasteiger partial charge in [0, 0.05) is 29.8 Å². The summed E-state index contributed by atoms with van der Waals surface area (Å²) in [6.45, 7) is 2.12. The van der Waals surface area contributed by atoms with E-state index in [-0.39, 0.29) is 16.8 Å². The molecule has 0 radical (unpaired) electrons. The van der Waals surface area contributed by atoms with Gasteiger partial charge >= 0.3 is 0 Å². The number of nitro benzene ring substituents is 1. The van der Waals surface area contributed by atoms with Crippen LogP contribution in [0.3, 0.4) is 0 Å². The zero-order chi connectivity index (χ0) is 24.7. The molecule has 6 heteroatoms. The van der Waals surface area contributed by atoms with Gasteiger partial charge in [0.2, 0.25) is 0 Å². The first-order valence-corrected chi connectivity index (χ1v) is 12.2. The molecule has 180 valence electrons. The predicted octanol–water partition coefficient (Wildman–Crippen LogP) is 6.94. The predicted molar refractivity (Wildman–Crippen MR) is 138 cm³/mol. The van der Waals surface area contributed by atoms with Crippen LogP contribution in [-0.2, 0) is 10.3 Å². The van der Waals surface area contributed by atoms with Crippen LogP contribution >= 0.6 is 0 Å². The van der Waals surface area contributed by atoms with E-state index in [2.05, 4.69) is 48.2 Å². The number of para-hydroxylation sites is 1. The number of nitro groups is 1. The Morgan fingerprint density at radius 3 is 2.17 bits per heavy atom. The normalized spacial score (nSPS) is 19.4. The van der Waals surface area contributed by atoms with Crippen LogP contribution in [0.1, 0.15) is 48.2 Å². The summed E-state index contributed by atoms with van der Waals surface area (Å²) < 4.78 is 13.7. The van der Waals surface area contributed by atoms with Crippen molar-refractivity contribution in [1.82, 2.24) is 0 Å². The maximum absolute atomic E-state index is 11.7. The molecule has 0 amide bonds. The standard InChI is InChI=1S/C30H26N2O4/c1-2-11-28-31-26-17-10-9-16-25(26)30(21-12-5-3-6-13-21,22-14-7-4-8-15-22)36-29(31)24-20-23(32(33)34)18-19-27(24)35-28/h3-10,12-20,28-29H,2,11H2,1H3/t28-,29+/m1/s1. The Labute approximate surface area is 209 Å². The number of hydrogen-bond donors (Lipinski definition) is 0. The minimum absolute atomic E-state index is 0.0127. The smallest absolute Gasteiger partial charge is 0.270 e. The Bertz CT molecular complexity index is 1370. The second kappa shape index (κ2) is 8.81. The monoisotopic (exact) mass is 478 g/mol. The fourth-order valence-corrected chi connectivity index (χ4v) is 5.49. The summed E-state index contributed by atoms with van der Waals surface area (Å²) in [7, 11) is 0. The molecule has 0 saturated carbocycles. The number of anilines is 1. The van der Waals surface area contributed by atoms with E-state index >= 15 is 0 Å². The van der Waals surface area contributed by atoms with E-state index in [1.165, 1.54) is 6.07 Å². The van der Waals surface area contributed by atoms with Gasteiger partial charge in [-0.1, -0.05) is 92.2 Å². The van der Waals surface area contributed by atoms with Gasteiger partial charge < -0.3 is 14.4 Å². The van der Waals surface area contributed by atoms with Crippen molar-refractivity contribution in [2.75, 3.05) is 4.90 Å². The molecule has 2 aliphatic heterocycles. The molecule has 2 aliphatic rings. The molecule has 6 rings (SSSR count). The first kappa shape index (κ1) is 22.3. The zero-order valence-corrected chi connectivity index (χ0v) is 19.9.